The number of carbonyl (C=O) groups excluding carboxylic acids is 2. The van der Waals surface area contributed by atoms with Crippen molar-refractivity contribution in [1.29, 1.82) is 0 Å². The number of nitrogens with zero attached hydrogens (tertiary/aromatic N) is 2. The summed E-state index contributed by atoms with van der Waals surface area (Å²) in [4.78, 5) is 30.1. The normalized spacial score (nSPS) is 14.4. The first-order valence-electron chi connectivity index (χ1n) is 7.98. The number of benzene rings is 1. The van der Waals surface area contributed by atoms with E-state index in [-0.39, 0.29) is 30.5 Å². The van der Waals surface area contributed by atoms with Crippen LogP contribution in [0, 0.1) is 5.82 Å². The molecule has 25 heavy (non-hydrogen) atoms. The van der Waals surface area contributed by atoms with E-state index < -0.39 is 0 Å². The van der Waals surface area contributed by atoms with Gasteiger partial charge in [0.15, 0.2) is 5.13 Å². The van der Waals surface area contributed by atoms with Gasteiger partial charge in [0.25, 0.3) is 0 Å². The Labute approximate surface area is 148 Å². The fourth-order valence-corrected chi connectivity index (χ4v) is 3.19. The summed E-state index contributed by atoms with van der Waals surface area (Å²) in [6.07, 6.45) is 0.281. The molecule has 6 nitrogen and oxygen atoms in total. The van der Waals surface area contributed by atoms with Gasteiger partial charge in [-0.05, 0) is 24.3 Å². The van der Waals surface area contributed by atoms with E-state index in [1.54, 1.807) is 22.4 Å². The lowest BCUT2D eigenvalue weighted by Crippen LogP contribution is -2.40. The molecule has 2 aromatic rings. The van der Waals surface area contributed by atoms with E-state index in [4.69, 9.17) is 4.74 Å². The SMILES string of the molecule is O=C(CCC(=O)N1CCOCC1)Nc1nc(-c2ccc(F)cc2)cs1. The molecule has 132 valence electrons. The Hall–Kier alpha value is -2.32. The van der Waals surface area contributed by atoms with Crippen LogP contribution in [0.15, 0.2) is 29.6 Å². The Bertz CT molecular complexity index is 742. The van der Waals surface area contributed by atoms with E-state index in [1.807, 2.05) is 0 Å². The molecular formula is C17H18FN3O3S. The van der Waals surface area contributed by atoms with Crippen molar-refractivity contribution in [2.45, 2.75) is 12.8 Å². The zero-order valence-electron chi connectivity index (χ0n) is 13.5. The number of ether oxygens (including phenoxy) is 1. The molecule has 0 atom stereocenters. The quantitative estimate of drug-likeness (QED) is 0.886. The molecule has 2 heterocycles. The summed E-state index contributed by atoms with van der Waals surface area (Å²) in [7, 11) is 0. The number of thiazole rings is 1. The van der Waals surface area contributed by atoms with Gasteiger partial charge in [0.2, 0.25) is 11.8 Å². The molecule has 0 spiro atoms. The molecule has 1 fully saturated rings. The summed E-state index contributed by atoms with van der Waals surface area (Å²) in [5.41, 5.74) is 1.45. The number of carbonyl (C=O) groups is 2. The maximum atomic E-state index is 13.0. The molecule has 1 aromatic heterocycles. The minimum absolute atomic E-state index is 0.0374. The highest BCUT2D eigenvalue weighted by atomic mass is 32.1. The minimum atomic E-state index is -0.308. The van der Waals surface area contributed by atoms with Gasteiger partial charge in [0.1, 0.15) is 5.82 Å². The van der Waals surface area contributed by atoms with Crippen molar-refractivity contribution in [3.05, 3.63) is 35.5 Å². The number of nitrogens with one attached hydrogen (secondary N) is 1. The van der Waals surface area contributed by atoms with Gasteiger partial charge in [0, 0.05) is 36.9 Å². The number of halogens is 1. The third-order valence-corrected chi connectivity index (χ3v) is 4.58. The fraction of sp³-hybridized carbons (Fsp3) is 0.353. The van der Waals surface area contributed by atoms with Crippen LogP contribution in [0.5, 0.6) is 0 Å². The molecule has 0 radical (unpaired) electrons. The summed E-state index contributed by atoms with van der Waals surface area (Å²) in [5.74, 6) is -0.594. The molecule has 2 amide bonds. The highest BCUT2D eigenvalue weighted by molar-refractivity contribution is 7.14. The van der Waals surface area contributed by atoms with Gasteiger partial charge in [0.05, 0.1) is 18.9 Å². The van der Waals surface area contributed by atoms with E-state index in [2.05, 4.69) is 10.3 Å². The van der Waals surface area contributed by atoms with Crippen LogP contribution in [0.3, 0.4) is 0 Å². The number of aromatic nitrogens is 1. The summed E-state index contributed by atoms with van der Waals surface area (Å²) in [6.45, 7) is 2.24. The first-order chi connectivity index (χ1) is 12.1. The molecule has 1 aliphatic rings. The molecule has 0 unspecified atom stereocenters. The van der Waals surface area contributed by atoms with E-state index >= 15 is 0 Å². The lowest BCUT2D eigenvalue weighted by molar-refractivity contribution is -0.136. The van der Waals surface area contributed by atoms with Gasteiger partial charge in [-0.15, -0.1) is 11.3 Å². The second-order valence-electron chi connectivity index (χ2n) is 5.59. The molecule has 0 bridgehead atoms. The lowest BCUT2D eigenvalue weighted by atomic mass is 10.2. The molecule has 1 aromatic carbocycles. The van der Waals surface area contributed by atoms with Crippen molar-refractivity contribution >= 4 is 28.3 Å². The second kappa shape index (κ2) is 8.17. The number of rotatable bonds is 5. The lowest BCUT2D eigenvalue weighted by Gasteiger charge is -2.26. The van der Waals surface area contributed by atoms with E-state index in [1.165, 1.54) is 23.5 Å². The predicted molar refractivity (Wildman–Crippen MR) is 92.8 cm³/mol. The third kappa shape index (κ3) is 4.83. The van der Waals surface area contributed by atoms with Gasteiger partial charge < -0.3 is 15.0 Å². The van der Waals surface area contributed by atoms with Gasteiger partial charge in [-0.3, -0.25) is 9.59 Å². The van der Waals surface area contributed by atoms with E-state index in [0.717, 1.165) is 5.56 Å². The number of hydrogen-bond donors (Lipinski definition) is 1. The highest BCUT2D eigenvalue weighted by Gasteiger charge is 2.18. The van der Waals surface area contributed by atoms with Crippen LogP contribution in [0.4, 0.5) is 9.52 Å². The number of hydrogen-bond acceptors (Lipinski definition) is 5. The van der Waals surface area contributed by atoms with Crippen molar-refractivity contribution in [2.75, 3.05) is 31.6 Å². The van der Waals surface area contributed by atoms with Crippen molar-refractivity contribution in [3.8, 4) is 11.3 Å². The average molecular weight is 363 g/mol. The molecule has 8 heteroatoms. The summed E-state index contributed by atoms with van der Waals surface area (Å²) >= 11 is 1.29. The number of anilines is 1. The maximum absolute atomic E-state index is 13.0. The first kappa shape index (κ1) is 17.5. The van der Waals surface area contributed by atoms with Crippen LogP contribution < -0.4 is 5.32 Å². The third-order valence-electron chi connectivity index (χ3n) is 3.82. The first-order valence-corrected chi connectivity index (χ1v) is 8.86. The molecule has 0 aliphatic carbocycles. The molecule has 1 aliphatic heterocycles. The Morgan fingerprint density at radius 3 is 2.64 bits per heavy atom. The number of morpholine rings is 1. The van der Waals surface area contributed by atoms with E-state index in [0.29, 0.717) is 37.1 Å². The summed E-state index contributed by atoms with van der Waals surface area (Å²) < 4.78 is 18.2. The predicted octanol–water partition coefficient (Wildman–Crippen LogP) is 2.53. The Morgan fingerprint density at radius 1 is 1.20 bits per heavy atom. The largest absolute Gasteiger partial charge is 0.378 e. The number of amides is 2. The van der Waals surface area contributed by atoms with E-state index in [9.17, 15) is 14.0 Å². The standard InChI is InChI=1S/C17H18FN3O3S/c18-13-3-1-12(2-4-13)14-11-25-17(19-14)20-15(22)5-6-16(23)21-7-9-24-10-8-21/h1-4,11H,5-10H2,(H,19,20,22). The fourth-order valence-electron chi connectivity index (χ4n) is 2.46. The van der Waals surface area contributed by atoms with Crippen molar-refractivity contribution in [3.63, 3.8) is 0 Å². The Balaban J connectivity index is 1.49. The van der Waals surface area contributed by atoms with Crippen LogP contribution >= 0.6 is 11.3 Å². The monoisotopic (exact) mass is 363 g/mol. The smallest absolute Gasteiger partial charge is 0.226 e. The second-order valence-corrected chi connectivity index (χ2v) is 6.44. The molecule has 3 rings (SSSR count). The zero-order valence-corrected chi connectivity index (χ0v) is 14.4. The molecule has 1 saturated heterocycles. The highest BCUT2D eigenvalue weighted by Crippen LogP contribution is 2.25. The topological polar surface area (TPSA) is 71.5 Å². The van der Waals surface area contributed by atoms with Gasteiger partial charge in [-0.1, -0.05) is 0 Å². The van der Waals surface area contributed by atoms with Crippen molar-refractivity contribution in [1.82, 2.24) is 9.88 Å². The van der Waals surface area contributed by atoms with Crippen LogP contribution in [0.25, 0.3) is 11.3 Å². The Kier molecular flexibility index (Phi) is 5.72. The molecular weight excluding hydrogens is 345 g/mol. The average Bonchev–Trinajstić information content (AvgIpc) is 3.09. The van der Waals surface area contributed by atoms with Crippen molar-refractivity contribution < 1.29 is 18.7 Å². The van der Waals surface area contributed by atoms with Crippen LogP contribution in [0.2, 0.25) is 0 Å². The Morgan fingerprint density at radius 2 is 1.92 bits per heavy atom. The van der Waals surface area contributed by atoms with Gasteiger partial charge >= 0.3 is 0 Å². The summed E-state index contributed by atoms with van der Waals surface area (Å²) in [6, 6.07) is 6.00. The van der Waals surface area contributed by atoms with Crippen LogP contribution in [-0.2, 0) is 14.3 Å². The van der Waals surface area contributed by atoms with Crippen LogP contribution in [0.1, 0.15) is 12.8 Å². The maximum Gasteiger partial charge on any atom is 0.226 e. The molecule has 0 saturated carbocycles. The summed E-state index contributed by atoms with van der Waals surface area (Å²) in [5, 5.41) is 4.96. The van der Waals surface area contributed by atoms with Gasteiger partial charge in [-0.25, -0.2) is 9.37 Å². The zero-order chi connectivity index (χ0) is 17.6. The minimum Gasteiger partial charge on any atom is -0.378 e. The van der Waals surface area contributed by atoms with Crippen molar-refractivity contribution in [2.24, 2.45) is 0 Å². The molecule has 1 N–H and O–H groups in total. The van der Waals surface area contributed by atoms with Crippen LogP contribution in [-0.4, -0.2) is 48.0 Å². The van der Waals surface area contributed by atoms with Gasteiger partial charge in [-0.2, -0.15) is 0 Å².